The van der Waals surface area contributed by atoms with E-state index < -0.39 is 6.10 Å². The van der Waals surface area contributed by atoms with E-state index in [9.17, 15) is 5.11 Å². The molecule has 23 heavy (non-hydrogen) atoms. The standard InChI is InChI=1S/C17H31N3O3/c1-13-16(14(2)23-18-13)11-20-8-6-19(7-9-20)10-15(21)12-22-17(3,4)5/h15,21H,6-12H2,1-5H3. The van der Waals surface area contributed by atoms with E-state index in [4.69, 9.17) is 9.26 Å². The Morgan fingerprint density at radius 1 is 1.17 bits per heavy atom. The molecular weight excluding hydrogens is 294 g/mol. The second-order valence-corrected chi connectivity index (χ2v) is 7.46. The molecule has 2 rings (SSSR count). The third-order valence-electron chi connectivity index (χ3n) is 4.21. The molecule has 1 aromatic heterocycles. The highest BCUT2D eigenvalue weighted by Gasteiger charge is 2.22. The lowest BCUT2D eigenvalue weighted by Crippen LogP contribution is -2.49. The van der Waals surface area contributed by atoms with Gasteiger partial charge in [0.15, 0.2) is 0 Å². The number of β-amino-alcohol motifs (C(OH)–C–C–N with tert-alkyl or cyclic N) is 1. The molecule has 1 aliphatic heterocycles. The Hall–Kier alpha value is -0.950. The fourth-order valence-electron chi connectivity index (χ4n) is 2.78. The zero-order valence-electron chi connectivity index (χ0n) is 15.1. The minimum Gasteiger partial charge on any atom is -0.389 e. The lowest BCUT2D eigenvalue weighted by Gasteiger charge is -2.35. The molecule has 0 amide bonds. The van der Waals surface area contributed by atoms with Gasteiger partial charge in [0, 0.05) is 44.8 Å². The first-order chi connectivity index (χ1) is 10.7. The van der Waals surface area contributed by atoms with E-state index in [1.54, 1.807) is 0 Å². The molecule has 0 saturated carbocycles. The van der Waals surface area contributed by atoms with Crippen molar-refractivity contribution in [3.05, 3.63) is 17.0 Å². The van der Waals surface area contributed by atoms with Gasteiger partial charge in [-0.05, 0) is 34.6 Å². The molecular formula is C17H31N3O3. The van der Waals surface area contributed by atoms with Crippen LogP contribution in [-0.4, -0.2) is 71.1 Å². The van der Waals surface area contributed by atoms with Crippen LogP contribution < -0.4 is 0 Å². The topological polar surface area (TPSA) is 62.0 Å². The number of aliphatic hydroxyl groups excluding tert-OH is 1. The normalized spacial score (nSPS) is 19.2. The highest BCUT2D eigenvalue weighted by Crippen LogP contribution is 2.16. The summed E-state index contributed by atoms with van der Waals surface area (Å²) in [6.07, 6.45) is -0.427. The van der Waals surface area contributed by atoms with Crippen LogP contribution in [0.25, 0.3) is 0 Å². The number of ether oxygens (including phenoxy) is 1. The van der Waals surface area contributed by atoms with Crippen LogP contribution in [0, 0.1) is 13.8 Å². The monoisotopic (exact) mass is 325 g/mol. The molecule has 1 aliphatic rings. The third-order valence-corrected chi connectivity index (χ3v) is 4.21. The molecule has 1 fully saturated rings. The molecule has 6 nitrogen and oxygen atoms in total. The van der Waals surface area contributed by atoms with Gasteiger partial charge in [-0.15, -0.1) is 0 Å². The van der Waals surface area contributed by atoms with Crippen molar-refractivity contribution in [3.63, 3.8) is 0 Å². The van der Waals surface area contributed by atoms with E-state index in [0.29, 0.717) is 13.2 Å². The zero-order chi connectivity index (χ0) is 17.0. The second-order valence-electron chi connectivity index (χ2n) is 7.46. The van der Waals surface area contributed by atoms with Crippen LogP contribution in [0.15, 0.2) is 4.52 Å². The molecule has 0 aliphatic carbocycles. The van der Waals surface area contributed by atoms with Crippen molar-refractivity contribution >= 4 is 0 Å². The van der Waals surface area contributed by atoms with Gasteiger partial charge in [-0.25, -0.2) is 0 Å². The summed E-state index contributed by atoms with van der Waals surface area (Å²) in [5.41, 5.74) is 1.99. The van der Waals surface area contributed by atoms with Gasteiger partial charge in [-0.2, -0.15) is 0 Å². The zero-order valence-corrected chi connectivity index (χ0v) is 15.1. The van der Waals surface area contributed by atoms with E-state index in [-0.39, 0.29) is 5.60 Å². The predicted molar refractivity (Wildman–Crippen MR) is 89.4 cm³/mol. The molecule has 0 aromatic carbocycles. The average molecular weight is 325 g/mol. The fraction of sp³-hybridized carbons (Fsp3) is 0.824. The van der Waals surface area contributed by atoms with Gasteiger partial charge in [0.1, 0.15) is 5.76 Å². The number of rotatable bonds is 6. The summed E-state index contributed by atoms with van der Waals surface area (Å²) < 4.78 is 10.9. The van der Waals surface area contributed by atoms with Crippen LogP contribution in [0.4, 0.5) is 0 Å². The van der Waals surface area contributed by atoms with Crippen LogP contribution in [0.1, 0.15) is 37.8 Å². The van der Waals surface area contributed by atoms with Crippen molar-refractivity contribution in [3.8, 4) is 0 Å². The molecule has 6 heteroatoms. The second kappa shape index (κ2) is 7.75. The van der Waals surface area contributed by atoms with E-state index in [1.165, 1.54) is 5.56 Å². The van der Waals surface area contributed by atoms with Gasteiger partial charge >= 0.3 is 0 Å². The van der Waals surface area contributed by atoms with E-state index in [2.05, 4.69) is 15.0 Å². The SMILES string of the molecule is Cc1noc(C)c1CN1CCN(CC(O)COC(C)(C)C)CC1. The van der Waals surface area contributed by atoms with Crippen LogP contribution >= 0.6 is 0 Å². The number of hydrogen-bond donors (Lipinski definition) is 1. The summed E-state index contributed by atoms with van der Waals surface area (Å²) in [4.78, 5) is 4.72. The molecule has 132 valence electrons. The molecule has 1 aromatic rings. The van der Waals surface area contributed by atoms with Crippen LogP contribution in [0.2, 0.25) is 0 Å². The number of aliphatic hydroxyl groups is 1. The minimum absolute atomic E-state index is 0.200. The van der Waals surface area contributed by atoms with Gasteiger partial charge in [0.25, 0.3) is 0 Å². The quantitative estimate of drug-likeness (QED) is 0.857. The summed E-state index contributed by atoms with van der Waals surface area (Å²) in [7, 11) is 0. The van der Waals surface area contributed by atoms with Crippen LogP contribution in [0.5, 0.6) is 0 Å². The lowest BCUT2D eigenvalue weighted by atomic mass is 10.1. The smallest absolute Gasteiger partial charge is 0.138 e. The molecule has 1 saturated heterocycles. The molecule has 1 N–H and O–H groups in total. The predicted octanol–water partition coefficient (Wildman–Crippen LogP) is 1.59. The largest absolute Gasteiger partial charge is 0.389 e. The summed E-state index contributed by atoms with van der Waals surface area (Å²) in [6.45, 7) is 15.9. The summed E-state index contributed by atoms with van der Waals surface area (Å²) in [6, 6.07) is 0. The van der Waals surface area contributed by atoms with E-state index in [1.807, 2.05) is 34.6 Å². The molecule has 0 bridgehead atoms. The Morgan fingerprint density at radius 3 is 2.30 bits per heavy atom. The molecule has 0 spiro atoms. The summed E-state index contributed by atoms with van der Waals surface area (Å²) >= 11 is 0. The van der Waals surface area contributed by atoms with Crippen LogP contribution in [0.3, 0.4) is 0 Å². The Labute approximate surface area is 139 Å². The Kier molecular flexibility index (Phi) is 6.19. The van der Waals surface area contributed by atoms with Crippen molar-refractivity contribution in [1.29, 1.82) is 0 Å². The highest BCUT2D eigenvalue weighted by atomic mass is 16.5. The van der Waals surface area contributed by atoms with Crippen molar-refractivity contribution in [1.82, 2.24) is 15.0 Å². The van der Waals surface area contributed by atoms with Gasteiger partial charge in [0.2, 0.25) is 0 Å². The van der Waals surface area contributed by atoms with E-state index in [0.717, 1.165) is 44.2 Å². The first kappa shape index (κ1) is 18.4. The number of aryl methyl sites for hydroxylation is 2. The summed E-state index contributed by atoms with van der Waals surface area (Å²) in [5, 5.41) is 14.1. The lowest BCUT2D eigenvalue weighted by molar-refractivity contribution is -0.0587. The summed E-state index contributed by atoms with van der Waals surface area (Å²) in [5.74, 6) is 0.916. The first-order valence-corrected chi connectivity index (χ1v) is 8.43. The van der Waals surface area contributed by atoms with Crippen molar-refractivity contribution in [2.75, 3.05) is 39.3 Å². The maximum absolute atomic E-state index is 10.1. The van der Waals surface area contributed by atoms with Gasteiger partial charge < -0.3 is 14.4 Å². The molecule has 1 unspecified atom stereocenters. The third kappa shape index (κ3) is 5.88. The Balaban J connectivity index is 1.71. The number of aromatic nitrogens is 1. The van der Waals surface area contributed by atoms with E-state index >= 15 is 0 Å². The Morgan fingerprint density at radius 2 is 1.78 bits per heavy atom. The first-order valence-electron chi connectivity index (χ1n) is 8.43. The van der Waals surface area contributed by atoms with Crippen molar-refractivity contribution in [2.45, 2.75) is 52.9 Å². The highest BCUT2D eigenvalue weighted by molar-refractivity contribution is 5.20. The van der Waals surface area contributed by atoms with Crippen molar-refractivity contribution in [2.24, 2.45) is 0 Å². The molecule has 0 radical (unpaired) electrons. The van der Waals surface area contributed by atoms with Gasteiger partial charge in [0.05, 0.1) is 24.0 Å². The number of piperazine rings is 1. The van der Waals surface area contributed by atoms with Crippen LogP contribution in [-0.2, 0) is 11.3 Å². The number of hydrogen-bond acceptors (Lipinski definition) is 6. The maximum atomic E-state index is 10.1. The van der Waals surface area contributed by atoms with Gasteiger partial charge in [-0.1, -0.05) is 5.16 Å². The van der Waals surface area contributed by atoms with Crippen molar-refractivity contribution < 1.29 is 14.4 Å². The molecule has 1 atom stereocenters. The van der Waals surface area contributed by atoms with Gasteiger partial charge in [-0.3, -0.25) is 9.80 Å². The minimum atomic E-state index is -0.427. The fourth-order valence-corrected chi connectivity index (χ4v) is 2.78. The number of nitrogens with zero attached hydrogens (tertiary/aromatic N) is 3. The molecule has 2 heterocycles. The Bertz CT molecular complexity index is 468. The maximum Gasteiger partial charge on any atom is 0.138 e. The average Bonchev–Trinajstić information content (AvgIpc) is 2.78.